The molecule has 0 unspecified atom stereocenters. The second kappa shape index (κ2) is 6.68. The molecule has 0 spiro atoms. The topological polar surface area (TPSA) is 92.2 Å². The molecule has 0 fully saturated rings. The molecule has 1 heterocycles. The van der Waals surface area contributed by atoms with Gasteiger partial charge in [0.2, 0.25) is 0 Å². The highest BCUT2D eigenvalue weighted by atomic mass is 35.5. The van der Waals surface area contributed by atoms with Crippen molar-refractivity contribution in [1.82, 2.24) is 15.5 Å². The average Bonchev–Trinajstić information content (AvgIpc) is 2.37. The highest BCUT2D eigenvalue weighted by Crippen LogP contribution is 2.16. The first-order valence-electron chi connectivity index (χ1n) is 5.59. The first-order valence-corrected chi connectivity index (χ1v) is 6.34. The molecule has 2 atom stereocenters. The standard InChI is InChI=1S/C11H13Cl2N3O3/c1-3-5(2)8(11(18)19)14-10(17)6-4-7(12)15-16-9(6)13/h4-5,8H,3H2,1-2H3,(H,14,17)(H,18,19)/t5-,8-/m0/s1. The monoisotopic (exact) mass is 305 g/mol. The number of nitrogens with zero attached hydrogens (tertiary/aromatic N) is 2. The Morgan fingerprint density at radius 2 is 2.05 bits per heavy atom. The van der Waals surface area contributed by atoms with Gasteiger partial charge in [-0.05, 0) is 12.0 Å². The van der Waals surface area contributed by atoms with Gasteiger partial charge in [0.05, 0.1) is 5.56 Å². The van der Waals surface area contributed by atoms with Crippen LogP contribution in [0.4, 0.5) is 0 Å². The average molecular weight is 306 g/mol. The van der Waals surface area contributed by atoms with Gasteiger partial charge in [0, 0.05) is 0 Å². The summed E-state index contributed by atoms with van der Waals surface area (Å²) in [4.78, 5) is 23.1. The normalized spacial score (nSPS) is 13.7. The van der Waals surface area contributed by atoms with Crippen LogP contribution in [0.25, 0.3) is 0 Å². The molecule has 0 aliphatic rings. The van der Waals surface area contributed by atoms with E-state index in [0.29, 0.717) is 6.42 Å². The van der Waals surface area contributed by atoms with E-state index in [4.69, 9.17) is 28.3 Å². The van der Waals surface area contributed by atoms with Gasteiger partial charge in [-0.3, -0.25) is 4.79 Å². The summed E-state index contributed by atoms with van der Waals surface area (Å²) in [5.41, 5.74) is -0.00350. The largest absolute Gasteiger partial charge is 0.480 e. The number of amides is 1. The Balaban J connectivity index is 2.94. The van der Waals surface area contributed by atoms with Gasteiger partial charge in [-0.15, -0.1) is 10.2 Å². The number of nitrogens with one attached hydrogen (secondary N) is 1. The van der Waals surface area contributed by atoms with Crippen LogP contribution in [0, 0.1) is 5.92 Å². The van der Waals surface area contributed by atoms with Crippen LogP contribution in [0.2, 0.25) is 10.3 Å². The summed E-state index contributed by atoms with van der Waals surface area (Å²) in [5.74, 6) is -1.97. The molecular weight excluding hydrogens is 293 g/mol. The molecule has 1 amide bonds. The lowest BCUT2D eigenvalue weighted by atomic mass is 9.99. The van der Waals surface area contributed by atoms with Crippen LogP contribution in [0.5, 0.6) is 0 Å². The van der Waals surface area contributed by atoms with Crippen LogP contribution in [0.15, 0.2) is 6.07 Å². The number of hydrogen-bond donors (Lipinski definition) is 2. The van der Waals surface area contributed by atoms with Gasteiger partial charge in [-0.1, -0.05) is 43.5 Å². The molecule has 1 aromatic rings. The van der Waals surface area contributed by atoms with Crippen LogP contribution < -0.4 is 5.32 Å². The van der Waals surface area contributed by atoms with E-state index in [2.05, 4.69) is 15.5 Å². The molecule has 19 heavy (non-hydrogen) atoms. The third-order valence-electron chi connectivity index (χ3n) is 2.73. The predicted molar refractivity (Wildman–Crippen MR) is 70.4 cm³/mol. The van der Waals surface area contributed by atoms with Crippen molar-refractivity contribution < 1.29 is 14.7 Å². The van der Waals surface area contributed by atoms with Crippen LogP contribution in [0.3, 0.4) is 0 Å². The molecule has 1 aromatic heterocycles. The van der Waals surface area contributed by atoms with Crippen molar-refractivity contribution >= 4 is 35.1 Å². The van der Waals surface area contributed by atoms with Gasteiger partial charge >= 0.3 is 5.97 Å². The second-order valence-electron chi connectivity index (χ2n) is 4.05. The summed E-state index contributed by atoms with van der Waals surface area (Å²) in [6.07, 6.45) is 0.611. The summed E-state index contributed by atoms with van der Waals surface area (Å²) in [5, 5.41) is 18.3. The van der Waals surface area contributed by atoms with Crippen molar-refractivity contribution in [2.24, 2.45) is 5.92 Å². The number of carbonyl (C=O) groups excluding carboxylic acids is 1. The SMILES string of the molecule is CC[C@H](C)[C@H](NC(=O)c1cc(Cl)nnc1Cl)C(=O)O. The van der Waals surface area contributed by atoms with Gasteiger partial charge in [0.1, 0.15) is 6.04 Å². The van der Waals surface area contributed by atoms with E-state index in [1.807, 2.05) is 6.92 Å². The van der Waals surface area contributed by atoms with Crippen LogP contribution in [-0.2, 0) is 4.79 Å². The maximum atomic E-state index is 12.0. The molecule has 0 saturated carbocycles. The zero-order valence-electron chi connectivity index (χ0n) is 10.4. The number of aliphatic carboxylic acids is 1. The number of hydrogen-bond acceptors (Lipinski definition) is 4. The minimum Gasteiger partial charge on any atom is -0.480 e. The van der Waals surface area contributed by atoms with Crippen molar-refractivity contribution in [3.8, 4) is 0 Å². The Bertz CT molecular complexity index is 496. The van der Waals surface area contributed by atoms with Crippen LogP contribution >= 0.6 is 23.2 Å². The molecule has 6 nitrogen and oxygen atoms in total. The predicted octanol–water partition coefficient (Wildman–Crippen LogP) is 2.01. The zero-order chi connectivity index (χ0) is 14.6. The maximum absolute atomic E-state index is 12.0. The molecule has 0 aliphatic heterocycles. The van der Waals surface area contributed by atoms with E-state index >= 15 is 0 Å². The molecule has 0 aliphatic carbocycles. The fourth-order valence-electron chi connectivity index (χ4n) is 1.41. The first kappa shape index (κ1) is 15.7. The van der Waals surface area contributed by atoms with Crippen molar-refractivity contribution in [2.75, 3.05) is 0 Å². The summed E-state index contributed by atoms with van der Waals surface area (Å²) in [7, 11) is 0. The molecule has 0 saturated heterocycles. The molecule has 0 bridgehead atoms. The Labute approximate surface area is 120 Å². The van der Waals surface area contributed by atoms with Gasteiger partial charge in [0.15, 0.2) is 10.3 Å². The molecule has 0 radical (unpaired) electrons. The molecule has 2 N–H and O–H groups in total. The molecule has 1 rings (SSSR count). The Hall–Kier alpha value is -1.40. The highest BCUT2D eigenvalue weighted by Gasteiger charge is 2.26. The second-order valence-corrected chi connectivity index (χ2v) is 4.79. The Morgan fingerprint density at radius 3 is 2.58 bits per heavy atom. The van der Waals surface area contributed by atoms with E-state index in [1.165, 1.54) is 6.07 Å². The van der Waals surface area contributed by atoms with Crippen LogP contribution in [-0.4, -0.2) is 33.2 Å². The minimum atomic E-state index is -1.10. The van der Waals surface area contributed by atoms with Crippen molar-refractivity contribution in [3.05, 3.63) is 21.9 Å². The van der Waals surface area contributed by atoms with E-state index < -0.39 is 17.9 Å². The van der Waals surface area contributed by atoms with E-state index in [-0.39, 0.29) is 21.8 Å². The zero-order valence-corrected chi connectivity index (χ0v) is 11.9. The van der Waals surface area contributed by atoms with Crippen LogP contribution in [0.1, 0.15) is 30.6 Å². The Kier molecular flexibility index (Phi) is 5.50. The molecular formula is C11H13Cl2N3O3. The van der Waals surface area contributed by atoms with Crippen molar-refractivity contribution in [1.29, 1.82) is 0 Å². The number of carboxylic acid groups (broad SMARTS) is 1. The first-order chi connectivity index (χ1) is 8.86. The molecule has 8 heteroatoms. The van der Waals surface area contributed by atoms with Gasteiger partial charge < -0.3 is 10.4 Å². The van der Waals surface area contributed by atoms with Gasteiger partial charge in [-0.25, -0.2) is 4.79 Å². The summed E-state index contributed by atoms with van der Waals surface area (Å²) >= 11 is 11.3. The number of halogens is 2. The summed E-state index contributed by atoms with van der Waals surface area (Å²) in [6, 6.07) is 0.238. The highest BCUT2D eigenvalue weighted by molar-refractivity contribution is 6.34. The van der Waals surface area contributed by atoms with Crippen molar-refractivity contribution in [3.63, 3.8) is 0 Å². The molecule has 0 aromatic carbocycles. The van der Waals surface area contributed by atoms with E-state index in [0.717, 1.165) is 0 Å². The maximum Gasteiger partial charge on any atom is 0.326 e. The fraction of sp³-hybridized carbons (Fsp3) is 0.455. The summed E-state index contributed by atoms with van der Waals surface area (Å²) < 4.78 is 0. The van der Waals surface area contributed by atoms with Gasteiger partial charge in [-0.2, -0.15) is 0 Å². The lowest BCUT2D eigenvalue weighted by molar-refractivity contribution is -0.140. The van der Waals surface area contributed by atoms with Crippen molar-refractivity contribution in [2.45, 2.75) is 26.3 Å². The number of rotatable bonds is 5. The third kappa shape index (κ3) is 4.04. The van der Waals surface area contributed by atoms with E-state index in [1.54, 1.807) is 6.92 Å². The lowest BCUT2D eigenvalue weighted by Crippen LogP contribution is -2.45. The van der Waals surface area contributed by atoms with E-state index in [9.17, 15) is 9.59 Å². The number of carboxylic acids is 1. The number of carbonyl (C=O) groups is 2. The minimum absolute atomic E-state index is 0.00350. The van der Waals surface area contributed by atoms with Gasteiger partial charge in [0.25, 0.3) is 5.91 Å². The quantitative estimate of drug-likeness (QED) is 0.868. The smallest absolute Gasteiger partial charge is 0.326 e. The molecule has 104 valence electrons. The lowest BCUT2D eigenvalue weighted by Gasteiger charge is -2.20. The third-order valence-corrected chi connectivity index (χ3v) is 3.19. The Morgan fingerprint density at radius 1 is 1.42 bits per heavy atom. The summed E-state index contributed by atoms with van der Waals surface area (Å²) in [6.45, 7) is 3.57. The number of aromatic nitrogens is 2. The fourth-order valence-corrected chi connectivity index (χ4v) is 1.74.